The normalized spacial score (nSPS) is 17.1. The van der Waals surface area contributed by atoms with Crippen molar-refractivity contribution >= 4 is 5.95 Å². The second-order valence-corrected chi connectivity index (χ2v) is 5.28. The van der Waals surface area contributed by atoms with Gasteiger partial charge in [0, 0.05) is 13.1 Å². The van der Waals surface area contributed by atoms with Crippen molar-refractivity contribution in [3.63, 3.8) is 0 Å². The molecular weight excluding hydrogens is 252 g/mol. The number of piperidine rings is 1. The van der Waals surface area contributed by atoms with Gasteiger partial charge in [0.15, 0.2) is 0 Å². The van der Waals surface area contributed by atoms with Crippen LogP contribution in [0.5, 0.6) is 0 Å². The minimum absolute atomic E-state index is 0.247. The topological polar surface area (TPSA) is 68.2 Å². The summed E-state index contributed by atoms with van der Waals surface area (Å²) >= 11 is 0. The molecule has 2 N–H and O–H groups in total. The fourth-order valence-electron chi connectivity index (χ4n) is 2.56. The van der Waals surface area contributed by atoms with Crippen molar-refractivity contribution < 1.29 is 4.52 Å². The lowest BCUT2D eigenvalue weighted by atomic mass is 10.1. The zero-order chi connectivity index (χ0) is 13.8. The Hall–Kier alpha value is -1.88. The van der Waals surface area contributed by atoms with E-state index in [1.54, 1.807) is 0 Å². The Morgan fingerprint density at radius 2 is 1.90 bits per heavy atom. The van der Waals surface area contributed by atoms with Crippen LogP contribution in [0, 0.1) is 0 Å². The molecule has 1 atom stereocenters. The maximum absolute atomic E-state index is 6.16. The summed E-state index contributed by atoms with van der Waals surface area (Å²) < 4.78 is 5.32. The van der Waals surface area contributed by atoms with Gasteiger partial charge in [0.05, 0.1) is 6.04 Å². The largest absolute Gasteiger partial charge is 0.338 e. The Bertz CT molecular complexity index is 534. The van der Waals surface area contributed by atoms with E-state index in [0.717, 1.165) is 13.1 Å². The molecule has 1 saturated heterocycles. The predicted octanol–water partition coefficient (Wildman–Crippen LogP) is 2.30. The lowest BCUT2D eigenvalue weighted by molar-refractivity contribution is 0.352. The quantitative estimate of drug-likeness (QED) is 0.925. The Morgan fingerprint density at radius 1 is 1.15 bits per heavy atom. The summed E-state index contributed by atoms with van der Waals surface area (Å²) in [7, 11) is 0. The van der Waals surface area contributed by atoms with Crippen molar-refractivity contribution in [3.8, 4) is 0 Å². The smallest absolute Gasteiger partial charge is 0.266 e. The van der Waals surface area contributed by atoms with E-state index in [9.17, 15) is 0 Å². The third kappa shape index (κ3) is 2.99. The third-order valence-corrected chi connectivity index (χ3v) is 3.69. The van der Waals surface area contributed by atoms with Crippen LogP contribution >= 0.6 is 0 Å². The minimum atomic E-state index is -0.247. The number of nitrogens with zero attached hydrogens (tertiary/aromatic N) is 3. The summed E-state index contributed by atoms with van der Waals surface area (Å²) in [6.07, 6.45) is 4.39. The second kappa shape index (κ2) is 6.05. The molecule has 3 rings (SSSR count). The molecule has 2 aromatic rings. The molecule has 1 aromatic carbocycles. The molecule has 1 aromatic heterocycles. The fourth-order valence-corrected chi connectivity index (χ4v) is 2.56. The van der Waals surface area contributed by atoms with Crippen molar-refractivity contribution in [1.29, 1.82) is 0 Å². The van der Waals surface area contributed by atoms with E-state index in [4.69, 9.17) is 10.3 Å². The van der Waals surface area contributed by atoms with E-state index in [2.05, 4.69) is 27.2 Å². The summed E-state index contributed by atoms with van der Waals surface area (Å²) in [6, 6.07) is 9.88. The van der Waals surface area contributed by atoms with Crippen molar-refractivity contribution in [1.82, 2.24) is 10.1 Å². The maximum Gasteiger partial charge on any atom is 0.266 e. The van der Waals surface area contributed by atoms with Gasteiger partial charge in [0.2, 0.25) is 5.89 Å². The predicted molar refractivity (Wildman–Crippen MR) is 77.4 cm³/mol. The van der Waals surface area contributed by atoms with Crippen LogP contribution in [0.2, 0.25) is 0 Å². The van der Waals surface area contributed by atoms with Crippen LogP contribution < -0.4 is 10.6 Å². The van der Waals surface area contributed by atoms with Crippen LogP contribution in [0.4, 0.5) is 5.95 Å². The summed E-state index contributed by atoms with van der Waals surface area (Å²) in [5.74, 6) is 1.21. The van der Waals surface area contributed by atoms with Gasteiger partial charge in [-0.3, -0.25) is 0 Å². The van der Waals surface area contributed by atoms with Crippen molar-refractivity contribution in [3.05, 3.63) is 41.8 Å². The molecule has 0 bridgehead atoms. The van der Waals surface area contributed by atoms with Gasteiger partial charge in [-0.2, -0.15) is 4.98 Å². The summed E-state index contributed by atoms with van der Waals surface area (Å²) in [6.45, 7) is 2.01. The molecule has 1 aliphatic rings. The molecule has 0 spiro atoms. The molecule has 20 heavy (non-hydrogen) atoms. The number of hydrogen-bond acceptors (Lipinski definition) is 5. The van der Waals surface area contributed by atoms with Gasteiger partial charge < -0.3 is 15.2 Å². The molecule has 106 valence electrons. The van der Waals surface area contributed by atoms with Gasteiger partial charge in [-0.15, -0.1) is 0 Å². The van der Waals surface area contributed by atoms with Crippen LogP contribution in [0.25, 0.3) is 0 Å². The Morgan fingerprint density at radius 3 is 2.65 bits per heavy atom. The fraction of sp³-hybridized carbons (Fsp3) is 0.467. The highest BCUT2D eigenvalue weighted by atomic mass is 16.5. The number of hydrogen-bond donors (Lipinski definition) is 1. The SMILES string of the molecule is NC(Cc1ccccc1)c1nc(N2CCCCC2)no1. The van der Waals surface area contributed by atoms with E-state index in [0.29, 0.717) is 18.3 Å². The number of anilines is 1. The number of benzene rings is 1. The molecule has 5 nitrogen and oxygen atoms in total. The van der Waals surface area contributed by atoms with Crippen LogP contribution in [0.3, 0.4) is 0 Å². The van der Waals surface area contributed by atoms with Gasteiger partial charge in [0.1, 0.15) is 0 Å². The van der Waals surface area contributed by atoms with E-state index >= 15 is 0 Å². The molecule has 0 saturated carbocycles. The van der Waals surface area contributed by atoms with Crippen LogP contribution in [0.1, 0.15) is 36.8 Å². The van der Waals surface area contributed by atoms with Gasteiger partial charge in [-0.05, 0) is 36.4 Å². The first-order valence-electron chi connectivity index (χ1n) is 7.21. The highest BCUT2D eigenvalue weighted by Gasteiger charge is 2.20. The monoisotopic (exact) mass is 272 g/mol. The highest BCUT2D eigenvalue weighted by Crippen LogP contribution is 2.20. The lowest BCUT2D eigenvalue weighted by Crippen LogP contribution is -2.30. The Kier molecular flexibility index (Phi) is 3.97. The Labute approximate surface area is 118 Å². The minimum Gasteiger partial charge on any atom is -0.338 e. The van der Waals surface area contributed by atoms with E-state index < -0.39 is 0 Å². The van der Waals surface area contributed by atoms with Crippen molar-refractivity contribution in [2.24, 2.45) is 5.73 Å². The standard InChI is InChI=1S/C15H20N4O/c16-13(11-12-7-3-1-4-8-12)14-17-15(18-20-14)19-9-5-2-6-10-19/h1,3-4,7-8,13H,2,5-6,9-11,16H2. The molecule has 1 unspecified atom stereocenters. The average Bonchev–Trinajstić information content (AvgIpc) is 2.99. The summed E-state index contributed by atoms with van der Waals surface area (Å²) in [4.78, 5) is 6.63. The maximum atomic E-state index is 6.16. The molecule has 0 aliphatic carbocycles. The van der Waals surface area contributed by atoms with Gasteiger partial charge in [0.25, 0.3) is 5.95 Å². The highest BCUT2D eigenvalue weighted by molar-refractivity contribution is 5.28. The zero-order valence-corrected chi connectivity index (χ0v) is 11.5. The molecule has 2 heterocycles. The van der Waals surface area contributed by atoms with E-state index in [-0.39, 0.29) is 6.04 Å². The number of rotatable bonds is 4. The third-order valence-electron chi connectivity index (χ3n) is 3.69. The molecule has 1 fully saturated rings. The summed E-state index contributed by atoms with van der Waals surface area (Å²) in [5.41, 5.74) is 7.33. The molecular formula is C15H20N4O. The first kappa shape index (κ1) is 13.1. The average molecular weight is 272 g/mol. The van der Waals surface area contributed by atoms with Crippen molar-refractivity contribution in [2.45, 2.75) is 31.7 Å². The zero-order valence-electron chi connectivity index (χ0n) is 11.5. The van der Waals surface area contributed by atoms with Crippen LogP contribution in [-0.4, -0.2) is 23.2 Å². The van der Waals surface area contributed by atoms with Crippen LogP contribution in [0.15, 0.2) is 34.9 Å². The second-order valence-electron chi connectivity index (χ2n) is 5.28. The van der Waals surface area contributed by atoms with Gasteiger partial charge >= 0.3 is 0 Å². The Balaban J connectivity index is 1.66. The molecule has 0 radical (unpaired) electrons. The molecule has 5 heteroatoms. The first-order chi connectivity index (χ1) is 9.83. The van der Waals surface area contributed by atoms with E-state index in [1.165, 1.54) is 24.8 Å². The van der Waals surface area contributed by atoms with E-state index in [1.807, 2.05) is 18.2 Å². The number of nitrogens with two attached hydrogens (primary N) is 1. The molecule has 1 aliphatic heterocycles. The van der Waals surface area contributed by atoms with Gasteiger partial charge in [-0.1, -0.05) is 30.3 Å². The number of aromatic nitrogens is 2. The molecule has 0 amide bonds. The summed E-state index contributed by atoms with van der Waals surface area (Å²) in [5, 5.41) is 4.06. The lowest BCUT2D eigenvalue weighted by Gasteiger charge is -2.24. The van der Waals surface area contributed by atoms with Crippen LogP contribution in [-0.2, 0) is 6.42 Å². The van der Waals surface area contributed by atoms with Gasteiger partial charge in [-0.25, -0.2) is 0 Å². The van der Waals surface area contributed by atoms with Crippen molar-refractivity contribution in [2.75, 3.05) is 18.0 Å². The first-order valence-corrected chi connectivity index (χ1v) is 7.21.